The molecular weight excluding hydrogens is 380 g/mol. The summed E-state index contributed by atoms with van der Waals surface area (Å²) in [5, 5.41) is 11.3. The summed E-state index contributed by atoms with van der Waals surface area (Å²) < 4.78 is 0. The number of hydrogen-bond acceptors (Lipinski definition) is 2. The van der Waals surface area contributed by atoms with Crippen LogP contribution in [0.3, 0.4) is 0 Å². The molecule has 0 amide bonds. The van der Waals surface area contributed by atoms with Crippen molar-refractivity contribution in [2.45, 2.75) is 105 Å². The van der Waals surface area contributed by atoms with Crippen LogP contribution in [0.2, 0.25) is 0 Å². The van der Waals surface area contributed by atoms with E-state index in [9.17, 15) is 9.90 Å². The predicted octanol–water partition coefficient (Wildman–Crippen LogP) is 7.12. The van der Waals surface area contributed by atoms with Crippen molar-refractivity contribution < 1.29 is 9.90 Å². The first-order valence-electron chi connectivity index (χ1n) is 13.2. The predicted molar refractivity (Wildman–Crippen MR) is 129 cm³/mol. The van der Waals surface area contributed by atoms with Crippen molar-refractivity contribution in [2.24, 2.45) is 46.3 Å². The van der Waals surface area contributed by atoms with E-state index in [1.807, 2.05) is 0 Å². The average Bonchev–Trinajstić information content (AvgIpc) is 3.06. The Kier molecular flexibility index (Phi) is 6.36. The normalized spacial score (nSPS) is 44.0. The molecule has 31 heavy (non-hydrogen) atoms. The van der Waals surface area contributed by atoms with Crippen LogP contribution < -0.4 is 0 Å². The number of ketones is 1. The van der Waals surface area contributed by atoms with Gasteiger partial charge >= 0.3 is 0 Å². The maximum atomic E-state index is 12.1. The summed E-state index contributed by atoms with van der Waals surface area (Å²) in [6.07, 6.45) is 13.0. The van der Waals surface area contributed by atoms with E-state index in [4.69, 9.17) is 0 Å². The maximum absolute atomic E-state index is 12.1. The standard InChI is InChI=1S/C29H46O2/c1-7-20(18(2)3)9-8-19(4)23-10-11-24-27-25(13-15-29(23,24)6)28(5)14-12-22(30)16-21(28)17-26(27)31/h17,19-20,23-27,31H,2,7-16H2,1,3-6H3/t19-,20-,23-,24+,25+,26-,27+,28+,29-/m1/s1. The Morgan fingerprint density at radius 3 is 2.61 bits per heavy atom. The van der Waals surface area contributed by atoms with Gasteiger partial charge in [-0.25, -0.2) is 0 Å². The molecule has 0 aromatic carbocycles. The lowest BCUT2D eigenvalue weighted by atomic mass is 9.46. The number of Topliss-reactive ketones (excluding diaryl/α,β-unsaturated/α-hetero) is 1. The van der Waals surface area contributed by atoms with E-state index in [-0.39, 0.29) is 11.5 Å². The number of aliphatic hydroxyl groups excluding tert-OH is 1. The van der Waals surface area contributed by atoms with E-state index >= 15 is 0 Å². The Bertz CT molecular complexity index is 750. The van der Waals surface area contributed by atoms with E-state index in [0.29, 0.717) is 41.3 Å². The Labute approximate surface area is 191 Å². The average molecular weight is 427 g/mol. The minimum absolute atomic E-state index is 0.138. The van der Waals surface area contributed by atoms with Crippen LogP contribution in [-0.4, -0.2) is 17.0 Å². The van der Waals surface area contributed by atoms with E-state index in [0.717, 1.165) is 24.7 Å². The van der Waals surface area contributed by atoms with Gasteiger partial charge in [0.25, 0.3) is 0 Å². The molecule has 0 heterocycles. The number of fused-ring (bicyclic) bond motifs is 5. The molecule has 0 unspecified atom stereocenters. The Morgan fingerprint density at radius 2 is 1.94 bits per heavy atom. The van der Waals surface area contributed by atoms with Gasteiger partial charge in [-0.15, -0.1) is 0 Å². The first kappa shape index (κ1) is 23.3. The second-order valence-electron chi connectivity index (χ2n) is 12.3. The lowest BCUT2D eigenvalue weighted by Crippen LogP contribution is -2.54. The highest BCUT2D eigenvalue weighted by Gasteiger charge is 2.61. The lowest BCUT2D eigenvalue weighted by molar-refractivity contribution is -0.125. The fourth-order valence-electron chi connectivity index (χ4n) is 8.91. The monoisotopic (exact) mass is 426 g/mol. The molecule has 3 fully saturated rings. The minimum atomic E-state index is -0.356. The maximum Gasteiger partial charge on any atom is 0.136 e. The number of rotatable bonds is 6. The van der Waals surface area contributed by atoms with Gasteiger partial charge in [0.2, 0.25) is 0 Å². The summed E-state index contributed by atoms with van der Waals surface area (Å²) in [5.74, 6) is 4.12. The molecule has 4 rings (SSSR count). The lowest BCUT2D eigenvalue weighted by Gasteiger charge is -2.59. The van der Waals surface area contributed by atoms with Gasteiger partial charge in [-0.3, -0.25) is 4.79 Å². The first-order chi connectivity index (χ1) is 14.6. The third-order valence-electron chi connectivity index (χ3n) is 10.9. The van der Waals surface area contributed by atoms with Crippen molar-refractivity contribution in [1.29, 1.82) is 0 Å². The number of aliphatic hydroxyl groups is 1. The quantitative estimate of drug-likeness (QED) is 0.459. The highest BCUT2D eigenvalue weighted by Crippen LogP contribution is 2.67. The summed E-state index contributed by atoms with van der Waals surface area (Å²) >= 11 is 0. The van der Waals surface area contributed by atoms with Gasteiger partial charge in [0, 0.05) is 12.8 Å². The molecule has 0 bridgehead atoms. The topological polar surface area (TPSA) is 37.3 Å². The number of hydrogen-bond donors (Lipinski definition) is 1. The number of carbonyl (C=O) groups is 1. The van der Waals surface area contributed by atoms with Gasteiger partial charge in [-0.1, -0.05) is 51.5 Å². The van der Waals surface area contributed by atoms with E-state index in [1.165, 1.54) is 56.1 Å². The van der Waals surface area contributed by atoms with E-state index in [2.05, 4.69) is 47.3 Å². The molecule has 3 saturated carbocycles. The zero-order valence-corrected chi connectivity index (χ0v) is 20.8. The molecule has 2 heteroatoms. The van der Waals surface area contributed by atoms with Crippen LogP contribution in [0.15, 0.2) is 23.8 Å². The van der Waals surface area contributed by atoms with Gasteiger partial charge in [0.05, 0.1) is 6.10 Å². The highest BCUT2D eigenvalue weighted by atomic mass is 16.3. The third-order valence-corrected chi connectivity index (χ3v) is 10.9. The number of allylic oxidation sites excluding steroid dienone is 2. The fraction of sp³-hybridized carbons (Fsp3) is 0.828. The molecule has 0 aliphatic heterocycles. The molecule has 9 atom stereocenters. The van der Waals surface area contributed by atoms with Crippen molar-refractivity contribution in [3.05, 3.63) is 23.8 Å². The second-order valence-corrected chi connectivity index (χ2v) is 12.3. The Hall–Kier alpha value is -0.890. The molecule has 174 valence electrons. The molecule has 0 spiro atoms. The summed E-state index contributed by atoms with van der Waals surface area (Å²) in [6.45, 7) is 16.2. The van der Waals surface area contributed by atoms with Crippen molar-refractivity contribution in [1.82, 2.24) is 0 Å². The van der Waals surface area contributed by atoms with Crippen LogP contribution in [0.25, 0.3) is 0 Å². The smallest absolute Gasteiger partial charge is 0.136 e. The molecule has 1 N–H and O–H groups in total. The van der Waals surface area contributed by atoms with Gasteiger partial charge in [-0.2, -0.15) is 0 Å². The summed E-state index contributed by atoms with van der Waals surface area (Å²) in [7, 11) is 0. The molecule has 0 aromatic rings. The molecule has 0 saturated heterocycles. The van der Waals surface area contributed by atoms with Gasteiger partial charge in [0.15, 0.2) is 0 Å². The highest BCUT2D eigenvalue weighted by molar-refractivity contribution is 5.82. The van der Waals surface area contributed by atoms with Crippen LogP contribution in [0.1, 0.15) is 98.8 Å². The van der Waals surface area contributed by atoms with E-state index < -0.39 is 0 Å². The van der Waals surface area contributed by atoms with Crippen molar-refractivity contribution in [3.63, 3.8) is 0 Å². The van der Waals surface area contributed by atoms with Crippen LogP contribution in [0.4, 0.5) is 0 Å². The van der Waals surface area contributed by atoms with Crippen molar-refractivity contribution >= 4 is 5.78 Å². The molecule has 2 nitrogen and oxygen atoms in total. The molecule has 4 aliphatic carbocycles. The molecule has 0 aromatic heterocycles. The first-order valence-corrected chi connectivity index (χ1v) is 13.2. The van der Waals surface area contributed by atoms with Crippen LogP contribution in [0.5, 0.6) is 0 Å². The van der Waals surface area contributed by atoms with Crippen LogP contribution >= 0.6 is 0 Å². The SMILES string of the molecule is C=C(C)[C@H](CC)CC[C@@H](C)[C@H]1CC[C@H]2[C@@H]3[C@H](O)C=C4CC(=O)CC[C@]4(C)[C@H]3CC[C@]12C. The molecule has 0 radical (unpaired) electrons. The van der Waals surface area contributed by atoms with Gasteiger partial charge in [-0.05, 0) is 105 Å². The van der Waals surface area contributed by atoms with Crippen molar-refractivity contribution in [2.75, 3.05) is 0 Å². The zero-order valence-electron chi connectivity index (χ0n) is 20.8. The largest absolute Gasteiger partial charge is 0.389 e. The zero-order chi connectivity index (χ0) is 22.6. The van der Waals surface area contributed by atoms with Crippen LogP contribution in [0, 0.1) is 46.3 Å². The Balaban J connectivity index is 1.53. The summed E-state index contributed by atoms with van der Waals surface area (Å²) in [5.41, 5.74) is 3.10. The van der Waals surface area contributed by atoms with Crippen LogP contribution in [-0.2, 0) is 4.79 Å². The fourth-order valence-corrected chi connectivity index (χ4v) is 8.91. The third kappa shape index (κ3) is 3.79. The summed E-state index contributed by atoms with van der Waals surface area (Å²) in [6, 6.07) is 0. The van der Waals surface area contributed by atoms with E-state index in [1.54, 1.807) is 0 Å². The number of carbonyl (C=O) groups excluding carboxylic acids is 1. The molecular formula is C29H46O2. The summed E-state index contributed by atoms with van der Waals surface area (Å²) in [4.78, 5) is 12.1. The minimum Gasteiger partial charge on any atom is -0.389 e. The molecule has 4 aliphatic rings. The second kappa shape index (κ2) is 8.47. The Morgan fingerprint density at radius 1 is 1.19 bits per heavy atom. The van der Waals surface area contributed by atoms with Gasteiger partial charge < -0.3 is 5.11 Å². The van der Waals surface area contributed by atoms with Crippen molar-refractivity contribution in [3.8, 4) is 0 Å². The van der Waals surface area contributed by atoms with Gasteiger partial charge in [0.1, 0.15) is 5.78 Å².